The highest BCUT2D eigenvalue weighted by Crippen LogP contribution is 2.31. The topological polar surface area (TPSA) is 123 Å². The van der Waals surface area contributed by atoms with Crippen molar-refractivity contribution in [2.45, 2.75) is 12.3 Å². The fourth-order valence-corrected chi connectivity index (χ4v) is 2.93. The van der Waals surface area contributed by atoms with Crippen LogP contribution in [0.2, 0.25) is 0 Å². The highest BCUT2D eigenvalue weighted by Gasteiger charge is 2.38. The van der Waals surface area contributed by atoms with Crippen LogP contribution in [0, 0.1) is 0 Å². The number of rotatable bonds is 5. The zero-order valence-electron chi connectivity index (χ0n) is 17.8. The van der Waals surface area contributed by atoms with E-state index in [0.29, 0.717) is 30.2 Å². The van der Waals surface area contributed by atoms with Crippen molar-refractivity contribution in [1.82, 2.24) is 15.5 Å². The summed E-state index contributed by atoms with van der Waals surface area (Å²) in [4.78, 5) is 21.5. The summed E-state index contributed by atoms with van der Waals surface area (Å²) < 4.78 is 48.7. The minimum atomic E-state index is -5.08. The van der Waals surface area contributed by atoms with E-state index in [0.717, 1.165) is 16.9 Å². The predicted octanol–water partition coefficient (Wildman–Crippen LogP) is 3.29. The lowest BCUT2D eigenvalue weighted by atomic mass is 10.1. The van der Waals surface area contributed by atoms with E-state index in [9.17, 15) is 18.0 Å². The van der Waals surface area contributed by atoms with Crippen LogP contribution in [0.5, 0.6) is 17.2 Å². The molecule has 9 nitrogen and oxygen atoms in total. The van der Waals surface area contributed by atoms with Crippen LogP contribution in [0.3, 0.4) is 0 Å². The SMILES string of the molecule is COc1cc(-c2cn[nH]c2)ccc1C(=O)NCC1COc2ccccc2O1.O=C(O)C(F)(F)F. The van der Waals surface area contributed by atoms with E-state index in [1.165, 1.54) is 0 Å². The van der Waals surface area contributed by atoms with Gasteiger partial charge in [0.25, 0.3) is 5.91 Å². The molecule has 34 heavy (non-hydrogen) atoms. The zero-order chi connectivity index (χ0) is 24.7. The molecule has 1 amide bonds. The molecule has 0 aliphatic carbocycles. The largest absolute Gasteiger partial charge is 0.496 e. The van der Waals surface area contributed by atoms with Gasteiger partial charge in [-0.1, -0.05) is 18.2 Å². The molecule has 0 bridgehead atoms. The number of fused-ring (bicyclic) bond motifs is 1. The van der Waals surface area contributed by atoms with Gasteiger partial charge in [0, 0.05) is 11.8 Å². The fraction of sp³-hybridized carbons (Fsp3) is 0.227. The number of amides is 1. The van der Waals surface area contributed by atoms with Crippen molar-refractivity contribution >= 4 is 11.9 Å². The van der Waals surface area contributed by atoms with Gasteiger partial charge < -0.3 is 24.6 Å². The second-order valence-electron chi connectivity index (χ2n) is 6.91. The standard InChI is InChI=1S/C20H19N3O4.C2HF3O2/c1-25-19-8-13(14-9-22-23-10-14)6-7-16(19)20(24)21-11-15-12-26-17-4-2-3-5-18(17)27-15;3-2(4,5)1(6)7/h2-10,15H,11-12H2,1H3,(H,21,24)(H,22,23);(H,6,7). The third-order valence-corrected chi connectivity index (χ3v) is 4.58. The van der Waals surface area contributed by atoms with Crippen LogP contribution < -0.4 is 19.5 Å². The van der Waals surface area contributed by atoms with Crippen LogP contribution in [-0.4, -0.2) is 59.7 Å². The Labute approximate surface area is 191 Å². The van der Waals surface area contributed by atoms with Crippen molar-refractivity contribution in [2.24, 2.45) is 0 Å². The number of nitrogens with zero attached hydrogens (tertiary/aromatic N) is 1. The molecule has 0 fully saturated rings. The highest BCUT2D eigenvalue weighted by molar-refractivity contribution is 5.97. The normalized spacial score (nSPS) is 14.4. The maximum atomic E-state index is 12.6. The summed E-state index contributed by atoms with van der Waals surface area (Å²) in [5, 5.41) is 16.7. The second-order valence-corrected chi connectivity index (χ2v) is 6.91. The lowest BCUT2D eigenvalue weighted by molar-refractivity contribution is -0.192. The lowest BCUT2D eigenvalue weighted by Gasteiger charge is -2.26. The molecular weight excluding hydrogens is 459 g/mol. The maximum Gasteiger partial charge on any atom is 0.490 e. The van der Waals surface area contributed by atoms with Gasteiger partial charge in [-0.2, -0.15) is 18.3 Å². The number of aliphatic carboxylic acids is 1. The number of hydrogen-bond acceptors (Lipinski definition) is 6. The maximum absolute atomic E-state index is 12.6. The van der Waals surface area contributed by atoms with Crippen molar-refractivity contribution < 1.29 is 42.1 Å². The molecule has 1 unspecified atom stereocenters. The molecule has 1 aromatic heterocycles. The molecular formula is C22H20F3N3O6. The number of nitrogens with one attached hydrogen (secondary N) is 2. The average molecular weight is 479 g/mol. The van der Waals surface area contributed by atoms with Crippen molar-refractivity contribution in [3.8, 4) is 28.4 Å². The number of hydrogen-bond donors (Lipinski definition) is 3. The molecule has 1 aliphatic heterocycles. The number of carbonyl (C=O) groups is 2. The van der Waals surface area contributed by atoms with E-state index < -0.39 is 12.1 Å². The Morgan fingerprint density at radius 2 is 1.91 bits per heavy atom. The summed E-state index contributed by atoms with van der Waals surface area (Å²) in [5.74, 6) is -1.08. The van der Waals surface area contributed by atoms with Gasteiger partial charge in [-0.25, -0.2) is 4.79 Å². The average Bonchev–Trinajstić information content (AvgIpc) is 3.37. The summed E-state index contributed by atoms with van der Waals surface area (Å²) in [7, 11) is 1.54. The third-order valence-electron chi connectivity index (χ3n) is 4.58. The van der Waals surface area contributed by atoms with E-state index >= 15 is 0 Å². The first-order chi connectivity index (χ1) is 16.2. The number of H-pyrrole nitrogens is 1. The molecule has 4 rings (SSSR count). The fourth-order valence-electron chi connectivity index (χ4n) is 2.93. The van der Waals surface area contributed by atoms with E-state index in [4.69, 9.17) is 24.1 Å². The van der Waals surface area contributed by atoms with Crippen LogP contribution in [-0.2, 0) is 4.79 Å². The molecule has 180 valence electrons. The summed E-state index contributed by atoms with van der Waals surface area (Å²) >= 11 is 0. The molecule has 3 N–H and O–H groups in total. The molecule has 12 heteroatoms. The molecule has 0 spiro atoms. The quantitative estimate of drug-likeness (QED) is 0.513. The number of para-hydroxylation sites is 2. The monoisotopic (exact) mass is 479 g/mol. The first-order valence-electron chi connectivity index (χ1n) is 9.83. The molecule has 3 aromatic rings. The molecule has 0 saturated heterocycles. The lowest BCUT2D eigenvalue weighted by Crippen LogP contribution is -2.40. The molecule has 0 saturated carbocycles. The van der Waals surface area contributed by atoms with Gasteiger partial charge in [-0.3, -0.25) is 9.89 Å². The Bertz CT molecular complexity index is 1140. The summed E-state index contributed by atoms with van der Waals surface area (Å²) in [6.07, 6.45) is -1.83. The van der Waals surface area contributed by atoms with Gasteiger partial charge in [-0.05, 0) is 29.8 Å². The highest BCUT2D eigenvalue weighted by atomic mass is 19.4. The van der Waals surface area contributed by atoms with Crippen LogP contribution >= 0.6 is 0 Å². The Hall–Kier alpha value is -4.22. The number of benzene rings is 2. The summed E-state index contributed by atoms with van der Waals surface area (Å²) in [6.45, 7) is 0.716. The van der Waals surface area contributed by atoms with Gasteiger partial charge in [0.05, 0.1) is 25.4 Å². The minimum Gasteiger partial charge on any atom is -0.496 e. The summed E-state index contributed by atoms with van der Waals surface area (Å²) in [6, 6.07) is 12.9. The Morgan fingerprint density at radius 3 is 2.53 bits per heavy atom. The minimum absolute atomic E-state index is 0.229. The number of alkyl halides is 3. The van der Waals surface area contributed by atoms with E-state index in [2.05, 4.69) is 15.5 Å². The van der Waals surface area contributed by atoms with Crippen molar-refractivity contribution in [2.75, 3.05) is 20.3 Å². The third kappa shape index (κ3) is 6.18. The van der Waals surface area contributed by atoms with Crippen LogP contribution in [0.1, 0.15) is 10.4 Å². The smallest absolute Gasteiger partial charge is 0.490 e. The van der Waals surface area contributed by atoms with Gasteiger partial charge in [0.2, 0.25) is 0 Å². The Kier molecular flexibility index (Phi) is 7.61. The molecule has 1 atom stereocenters. The number of carboxylic acids is 1. The van der Waals surface area contributed by atoms with Gasteiger partial charge in [0.1, 0.15) is 18.5 Å². The number of aromatic nitrogens is 2. The second kappa shape index (κ2) is 10.6. The number of halogens is 3. The van der Waals surface area contributed by atoms with Crippen molar-refractivity contribution in [3.63, 3.8) is 0 Å². The summed E-state index contributed by atoms with van der Waals surface area (Å²) in [5.41, 5.74) is 2.30. The van der Waals surface area contributed by atoms with E-state index in [1.54, 1.807) is 25.6 Å². The van der Waals surface area contributed by atoms with Gasteiger partial charge in [-0.15, -0.1) is 0 Å². The number of aromatic amines is 1. The van der Waals surface area contributed by atoms with Crippen molar-refractivity contribution in [3.05, 3.63) is 60.4 Å². The Balaban J connectivity index is 0.000000406. The van der Waals surface area contributed by atoms with E-state index in [1.807, 2.05) is 36.4 Å². The van der Waals surface area contributed by atoms with Crippen LogP contribution in [0.15, 0.2) is 54.9 Å². The van der Waals surface area contributed by atoms with Crippen molar-refractivity contribution in [1.29, 1.82) is 0 Å². The molecule has 2 heterocycles. The number of carbonyl (C=O) groups excluding carboxylic acids is 1. The molecule has 0 radical (unpaired) electrons. The first kappa shape index (κ1) is 24.4. The molecule has 2 aromatic carbocycles. The number of carboxylic acid groups (broad SMARTS) is 1. The van der Waals surface area contributed by atoms with Gasteiger partial charge >= 0.3 is 12.1 Å². The molecule has 1 aliphatic rings. The van der Waals surface area contributed by atoms with Crippen LogP contribution in [0.4, 0.5) is 13.2 Å². The van der Waals surface area contributed by atoms with Gasteiger partial charge in [0.15, 0.2) is 11.5 Å². The zero-order valence-corrected chi connectivity index (χ0v) is 17.8. The number of ether oxygens (including phenoxy) is 3. The Morgan fingerprint density at radius 1 is 1.21 bits per heavy atom. The van der Waals surface area contributed by atoms with E-state index in [-0.39, 0.29) is 12.0 Å². The number of methoxy groups -OCH3 is 1. The first-order valence-corrected chi connectivity index (χ1v) is 9.83. The predicted molar refractivity (Wildman–Crippen MR) is 113 cm³/mol. The van der Waals surface area contributed by atoms with Crippen LogP contribution in [0.25, 0.3) is 11.1 Å².